The van der Waals surface area contributed by atoms with E-state index in [1.54, 1.807) is 0 Å². The number of benzene rings is 1. The third-order valence-corrected chi connectivity index (χ3v) is 3.76. The van der Waals surface area contributed by atoms with Crippen LogP contribution in [0.25, 0.3) is 5.69 Å². The fourth-order valence-corrected chi connectivity index (χ4v) is 2.74. The van der Waals surface area contributed by atoms with Gasteiger partial charge in [-0.3, -0.25) is 4.79 Å². The SMILES string of the molecule is O=C(Nc1ccnn1-c1c(Cl)cc(C(F)(F)F)cc1Cl)c1ccco1. The number of rotatable bonds is 3. The zero-order valence-electron chi connectivity index (χ0n) is 12.1. The molecular weight excluding hydrogens is 382 g/mol. The molecule has 0 unspecified atom stereocenters. The van der Waals surface area contributed by atoms with E-state index in [0.717, 1.165) is 16.8 Å². The molecule has 0 radical (unpaired) electrons. The quantitative estimate of drug-likeness (QED) is 0.682. The molecule has 0 saturated carbocycles. The molecule has 0 spiro atoms. The number of alkyl halides is 3. The lowest BCUT2D eigenvalue weighted by molar-refractivity contribution is -0.137. The van der Waals surface area contributed by atoms with Crippen molar-refractivity contribution >= 4 is 34.9 Å². The smallest absolute Gasteiger partial charge is 0.416 e. The van der Waals surface area contributed by atoms with Gasteiger partial charge in [-0.05, 0) is 24.3 Å². The minimum absolute atomic E-state index is 0.0103. The summed E-state index contributed by atoms with van der Waals surface area (Å²) in [6.45, 7) is 0. The van der Waals surface area contributed by atoms with Gasteiger partial charge in [0.25, 0.3) is 5.91 Å². The maximum Gasteiger partial charge on any atom is 0.416 e. The van der Waals surface area contributed by atoms with E-state index >= 15 is 0 Å². The number of carbonyl (C=O) groups excluding carboxylic acids is 1. The summed E-state index contributed by atoms with van der Waals surface area (Å²) >= 11 is 11.9. The van der Waals surface area contributed by atoms with Gasteiger partial charge < -0.3 is 9.73 Å². The number of hydrogen-bond donors (Lipinski definition) is 1. The highest BCUT2D eigenvalue weighted by Crippen LogP contribution is 2.38. The lowest BCUT2D eigenvalue weighted by atomic mass is 10.2. The molecule has 2 aromatic heterocycles. The number of anilines is 1. The molecule has 0 fully saturated rings. The fourth-order valence-electron chi connectivity index (χ4n) is 2.09. The number of amides is 1. The Morgan fingerprint density at radius 1 is 1.20 bits per heavy atom. The zero-order chi connectivity index (χ0) is 18.2. The Morgan fingerprint density at radius 3 is 2.44 bits per heavy atom. The van der Waals surface area contributed by atoms with Crippen LogP contribution in [0.3, 0.4) is 0 Å². The lowest BCUT2D eigenvalue weighted by Gasteiger charge is -2.14. The van der Waals surface area contributed by atoms with Crippen LogP contribution >= 0.6 is 23.2 Å². The van der Waals surface area contributed by atoms with Gasteiger partial charge in [0.1, 0.15) is 11.5 Å². The van der Waals surface area contributed by atoms with Crippen molar-refractivity contribution in [2.24, 2.45) is 0 Å². The Morgan fingerprint density at radius 2 is 1.88 bits per heavy atom. The Labute approximate surface area is 148 Å². The van der Waals surface area contributed by atoms with Gasteiger partial charge in [0.2, 0.25) is 0 Å². The number of carbonyl (C=O) groups is 1. The molecule has 0 saturated heterocycles. The minimum atomic E-state index is -4.59. The Balaban J connectivity index is 1.99. The fraction of sp³-hybridized carbons (Fsp3) is 0.0667. The van der Waals surface area contributed by atoms with Gasteiger partial charge in [-0.15, -0.1) is 0 Å². The average molecular weight is 390 g/mol. The van der Waals surface area contributed by atoms with Crippen LogP contribution in [-0.4, -0.2) is 15.7 Å². The molecule has 0 aliphatic heterocycles. The predicted molar refractivity (Wildman–Crippen MR) is 85.2 cm³/mol. The molecule has 0 aliphatic carbocycles. The highest BCUT2D eigenvalue weighted by molar-refractivity contribution is 6.38. The molecule has 5 nitrogen and oxygen atoms in total. The largest absolute Gasteiger partial charge is 0.459 e. The van der Waals surface area contributed by atoms with E-state index in [2.05, 4.69) is 10.4 Å². The summed E-state index contributed by atoms with van der Waals surface area (Å²) in [7, 11) is 0. The van der Waals surface area contributed by atoms with E-state index in [1.165, 1.54) is 30.7 Å². The molecule has 25 heavy (non-hydrogen) atoms. The van der Waals surface area contributed by atoms with Crippen LogP contribution in [0.2, 0.25) is 10.0 Å². The van der Waals surface area contributed by atoms with Crippen molar-refractivity contribution < 1.29 is 22.4 Å². The number of nitrogens with one attached hydrogen (secondary N) is 1. The maximum absolute atomic E-state index is 12.8. The van der Waals surface area contributed by atoms with Gasteiger partial charge in [0.15, 0.2) is 5.76 Å². The van der Waals surface area contributed by atoms with Crippen LogP contribution in [0.1, 0.15) is 16.1 Å². The second-order valence-corrected chi connectivity index (χ2v) is 5.66. The molecule has 3 rings (SSSR count). The normalized spacial score (nSPS) is 11.6. The standard InChI is InChI=1S/C15H8Cl2F3N3O2/c16-9-6-8(15(18,19)20)7-10(17)13(9)23-12(3-4-21-23)22-14(24)11-2-1-5-25-11/h1-7H,(H,22,24). The van der Waals surface area contributed by atoms with E-state index < -0.39 is 17.6 Å². The molecule has 130 valence electrons. The van der Waals surface area contributed by atoms with Crippen LogP contribution in [-0.2, 0) is 6.18 Å². The Hall–Kier alpha value is -2.45. The van der Waals surface area contributed by atoms with Crippen LogP contribution in [0.15, 0.2) is 47.2 Å². The predicted octanol–water partition coefficient (Wildman–Crippen LogP) is 5.04. The van der Waals surface area contributed by atoms with Gasteiger partial charge in [-0.25, -0.2) is 4.68 Å². The molecule has 1 aromatic carbocycles. The third kappa shape index (κ3) is 3.49. The number of aromatic nitrogens is 2. The van der Waals surface area contributed by atoms with E-state index in [9.17, 15) is 18.0 Å². The van der Waals surface area contributed by atoms with Crippen molar-refractivity contribution in [3.8, 4) is 5.69 Å². The topological polar surface area (TPSA) is 60.1 Å². The maximum atomic E-state index is 12.8. The number of hydrogen-bond acceptors (Lipinski definition) is 3. The first-order valence-electron chi connectivity index (χ1n) is 6.73. The molecule has 10 heteroatoms. The first-order valence-corrected chi connectivity index (χ1v) is 7.48. The summed E-state index contributed by atoms with van der Waals surface area (Å²) in [4.78, 5) is 12.1. The van der Waals surface area contributed by atoms with Crippen molar-refractivity contribution in [3.63, 3.8) is 0 Å². The van der Waals surface area contributed by atoms with Gasteiger partial charge in [-0.1, -0.05) is 23.2 Å². The highest BCUT2D eigenvalue weighted by Gasteiger charge is 2.32. The molecule has 1 N–H and O–H groups in total. The van der Waals surface area contributed by atoms with Crippen LogP contribution in [0, 0.1) is 0 Å². The number of nitrogens with zero attached hydrogens (tertiary/aromatic N) is 2. The first kappa shape index (κ1) is 17.4. The number of furan rings is 1. The van der Waals surface area contributed by atoms with Gasteiger partial charge in [0.05, 0.1) is 28.1 Å². The van der Waals surface area contributed by atoms with Crippen LogP contribution < -0.4 is 5.32 Å². The van der Waals surface area contributed by atoms with E-state index in [1.807, 2.05) is 0 Å². The summed E-state index contributed by atoms with van der Waals surface area (Å²) in [6.07, 6.45) is -1.93. The van der Waals surface area contributed by atoms with Crippen LogP contribution in [0.5, 0.6) is 0 Å². The van der Waals surface area contributed by atoms with E-state index in [-0.39, 0.29) is 27.3 Å². The van der Waals surface area contributed by atoms with E-state index in [4.69, 9.17) is 27.6 Å². The summed E-state index contributed by atoms with van der Waals surface area (Å²) < 4.78 is 44.6. The van der Waals surface area contributed by atoms with Gasteiger partial charge in [0, 0.05) is 6.07 Å². The molecule has 0 aliphatic rings. The molecule has 3 aromatic rings. The second kappa shape index (κ2) is 6.45. The molecular formula is C15H8Cl2F3N3O2. The van der Waals surface area contributed by atoms with Crippen molar-refractivity contribution in [2.45, 2.75) is 6.18 Å². The third-order valence-electron chi connectivity index (χ3n) is 3.19. The zero-order valence-corrected chi connectivity index (χ0v) is 13.7. The molecule has 0 bridgehead atoms. The molecule has 1 amide bonds. The molecule has 0 atom stereocenters. The first-order chi connectivity index (χ1) is 11.8. The van der Waals surface area contributed by atoms with Gasteiger partial charge in [-0.2, -0.15) is 18.3 Å². The number of halogens is 5. The second-order valence-electron chi connectivity index (χ2n) is 4.85. The average Bonchev–Trinajstić information content (AvgIpc) is 3.17. The Kier molecular flexibility index (Phi) is 4.49. The van der Waals surface area contributed by atoms with Crippen molar-refractivity contribution in [2.75, 3.05) is 5.32 Å². The summed E-state index contributed by atoms with van der Waals surface area (Å²) in [6, 6.07) is 5.90. The van der Waals surface area contributed by atoms with Gasteiger partial charge >= 0.3 is 6.18 Å². The summed E-state index contributed by atoms with van der Waals surface area (Å²) in [5, 5.41) is 5.94. The lowest BCUT2D eigenvalue weighted by Crippen LogP contribution is -2.15. The molecule has 2 heterocycles. The van der Waals surface area contributed by atoms with E-state index in [0.29, 0.717) is 0 Å². The minimum Gasteiger partial charge on any atom is -0.459 e. The van der Waals surface area contributed by atoms with Crippen molar-refractivity contribution in [1.29, 1.82) is 0 Å². The monoisotopic (exact) mass is 389 g/mol. The Bertz CT molecular complexity index is 897. The summed E-state index contributed by atoms with van der Waals surface area (Å²) in [5.74, 6) is -0.353. The van der Waals surface area contributed by atoms with Crippen molar-refractivity contribution in [3.05, 3.63) is 64.2 Å². The highest BCUT2D eigenvalue weighted by atomic mass is 35.5. The summed E-state index contributed by atoms with van der Waals surface area (Å²) in [5.41, 5.74) is -0.976. The van der Waals surface area contributed by atoms with Crippen LogP contribution in [0.4, 0.5) is 19.0 Å². The van der Waals surface area contributed by atoms with Crippen molar-refractivity contribution in [1.82, 2.24) is 9.78 Å².